The van der Waals surface area contributed by atoms with Gasteiger partial charge in [0.25, 0.3) is 5.91 Å². The van der Waals surface area contributed by atoms with Crippen LogP contribution in [-0.4, -0.2) is 40.1 Å². The fraction of sp³-hybridized carbons (Fsp3) is 0.467. The Balaban J connectivity index is 1.78. The summed E-state index contributed by atoms with van der Waals surface area (Å²) in [5.74, 6) is 0.181. The third-order valence-corrected chi connectivity index (χ3v) is 5.84. The first-order valence-electron chi connectivity index (χ1n) is 7.10. The van der Waals surface area contributed by atoms with Crippen molar-refractivity contribution in [2.24, 2.45) is 5.92 Å². The minimum Gasteiger partial charge on any atom is -0.396 e. The SMILES string of the molecule is CC1CCC(CO)CN1C(=O)c1csc(-c2cccs2)n1. The van der Waals surface area contributed by atoms with Crippen molar-refractivity contribution in [2.75, 3.05) is 13.2 Å². The number of amides is 1. The maximum atomic E-state index is 12.6. The quantitative estimate of drug-likeness (QED) is 0.944. The van der Waals surface area contributed by atoms with Crippen LogP contribution in [0.25, 0.3) is 9.88 Å². The van der Waals surface area contributed by atoms with E-state index in [1.807, 2.05) is 27.8 Å². The summed E-state index contributed by atoms with van der Waals surface area (Å²) in [6.45, 7) is 2.84. The van der Waals surface area contributed by atoms with Crippen LogP contribution in [0.1, 0.15) is 30.3 Å². The molecule has 3 rings (SSSR count). The molecule has 2 aromatic rings. The Bertz CT molecular complexity index is 609. The summed E-state index contributed by atoms with van der Waals surface area (Å²) in [6, 6.07) is 4.22. The molecule has 0 aromatic carbocycles. The maximum Gasteiger partial charge on any atom is 0.273 e. The standard InChI is InChI=1S/C15H18N2O2S2/c1-10-4-5-11(8-18)7-17(10)15(19)12-9-21-14(16-12)13-3-2-6-20-13/h2-3,6,9-11,18H,4-5,7-8H2,1H3. The fourth-order valence-electron chi connectivity index (χ4n) is 2.65. The first-order valence-corrected chi connectivity index (χ1v) is 8.86. The minimum atomic E-state index is -0.0142. The van der Waals surface area contributed by atoms with Crippen LogP contribution < -0.4 is 0 Å². The molecule has 1 N–H and O–H groups in total. The number of carbonyl (C=O) groups excluding carboxylic acids is 1. The molecule has 2 unspecified atom stereocenters. The van der Waals surface area contributed by atoms with Gasteiger partial charge >= 0.3 is 0 Å². The third kappa shape index (κ3) is 3.02. The molecule has 21 heavy (non-hydrogen) atoms. The van der Waals surface area contributed by atoms with Crippen molar-refractivity contribution in [1.29, 1.82) is 0 Å². The van der Waals surface area contributed by atoms with Crippen molar-refractivity contribution in [3.8, 4) is 9.88 Å². The lowest BCUT2D eigenvalue weighted by Crippen LogP contribution is -2.46. The normalized spacial score (nSPS) is 22.5. The van der Waals surface area contributed by atoms with E-state index in [9.17, 15) is 9.90 Å². The monoisotopic (exact) mass is 322 g/mol. The molecular weight excluding hydrogens is 304 g/mol. The van der Waals surface area contributed by atoms with Gasteiger partial charge in [0, 0.05) is 24.6 Å². The summed E-state index contributed by atoms with van der Waals surface area (Å²) in [7, 11) is 0. The molecule has 0 saturated carbocycles. The number of hydrogen-bond donors (Lipinski definition) is 1. The van der Waals surface area contributed by atoms with Crippen molar-refractivity contribution in [1.82, 2.24) is 9.88 Å². The van der Waals surface area contributed by atoms with Gasteiger partial charge in [0.05, 0.1) is 4.88 Å². The molecule has 0 radical (unpaired) electrons. The van der Waals surface area contributed by atoms with Crippen LogP contribution in [0.5, 0.6) is 0 Å². The molecule has 0 bridgehead atoms. The van der Waals surface area contributed by atoms with E-state index >= 15 is 0 Å². The van der Waals surface area contributed by atoms with E-state index in [0.717, 1.165) is 22.7 Å². The highest BCUT2D eigenvalue weighted by molar-refractivity contribution is 7.20. The van der Waals surface area contributed by atoms with E-state index in [1.54, 1.807) is 11.3 Å². The number of rotatable bonds is 3. The van der Waals surface area contributed by atoms with Gasteiger partial charge in [0.15, 0.2) is 0 Å². The molecular formula is C15H18N2O2S2. The molecule has 1 aliphatic heterocycles. The largest absolute Gasteiger partial charge is 0.396 e. The van der Waals surface area contributed by atoms with Gasteiger partial charge in [0.1, 0.15) is 10.7 Å². The van der Waals surface area contributed by atoms with Crippen LogP contribution in [0, 0.1) is 5.92 Å². The number of aromatic nitrogens is 1. The Morgan fingerprint density at radius 1 is 1.48 bits per heavy atom. The van der Waals surface area contributed by atoms with Crippen molar-refractivity contribution >= 4 is 28.6 Å². The number of thiophene rings is 1. The summed E-state index contributed by atoms with van der Waals surface area (Å²) < 4.78 is 0. The lowest BCUT2D eigenvalue weighted by Gasteiger charge is -2.37. The lowest BCUT2D eigenvalue weighted by atomic mass is 9.94. The first kappa shape index (κ1) is 14.7. The molecule has 3 heterocycles. The van der Waals surface area contributed by atoms with E-state index in [4.69, 9.17) is 0 Å². The van der Waals surface area contributed by atoms with Gasteiger partial charge in [-0.2, -0.15) is 0 Å². The van der Waals surface area contributed by atoms with E-state index in [0.29, 0.717) is 12.2 Å². The van der Waals surface area contributed by atoms with Crippen LogP contribution in [0.15, 0.2) is 22.9 Å². The summed E-state index contributed by atoms with van der Waals surface area (Å²) in [5.41, 5.74) is 0.522. The second kappa shape index (κ2) is 6.25. The van der Waals surface area contributed by atoms with Gasteiger partial charge in [-0.1, -0.05) is 6.07 Å². The Kier molecular flexibility index (Phi) is 4.37. The zero-order valence-electron chi connectivity index (χ0n) is 11.9. The highest BCUT2D eigenvalue weighted by Gasteiger charge is 2.30. The second-order valence-electron chi connectivity index (χ2n) is 5.45. The van der Waals surface area contributed by atoms with Gasteiger partial charge in [0.2, 0.25) is 0 Å². The molecule has 4 nitrogen and oxygen atoms in total. The number of carbonyl (C=O) groups is 1. The highest BCUT2D eigenvalue weighted by Crippen LogP contribution is 2.29. The summed E-state index contributed by atoms with van der Waals surface area (Å²) in [4.78, 5) is 20.1. The summed E-state index contributed by atoms with van der Waals surface area (Å²) in [6.07, 6.45) is 1.93. The molecule has 0 spiro atoms. The van der Waals surface area contributed by atoms with Crippen molar-refractivity contribution in [2.45, 2.75) is 25.8 Å². The zero-order chi connectivity index (χ0) is 14.8. The zero-order valence-corrected chi connectivity index (χ0v) is 13.5. The minimum absolute atomic E-state index is 0.0142. The summed E-state index contributed by atoms with van der Waals surface area (Å²) >= 11 is 3.14. The van der Waals surface area contributed by atoms with E-state index in [-0.39, 0.29) is 24.5 Å². The average Bonchev–Trinajstić information content (AvgIpc) is 3.18. The number of nitrogens with zero attached hydrogens (tertiary/aromatic N) is 2. The van der Waals surface area contributed by atoms with E-state index in [2.05, 4.69) is 11.9 Å². The highest BCUT2D eigenvalue weighted by atomic mass is 32.1. The van der Waals surface area contributed by atoms with E-state index < -0.39 is 0 Å². The first-order chi connectivity index (χ1) is 10.2. The Morgan fingerprint density at radius 2 is 2.33 bits per heavy atom. The van der Waals surface area contributed by atoms with Gasteiger partial charge < -0.3 is 10.0 Å². The molecule has 0 aliphatic carbocycles. The second-order valence-corrected chi connectivity index (χ2v) is 7.25. The molecule has 1 amide bonds. The van der Waals surface area contributed by atoms with Crippen molar-refractivity contribution in [3.63, 3.8) is 0 Å². The number of thiazole rings is 1. The number of aliphatic hydroxyl groups excluding tert-OH is 1. The predicted octanol–water partition coefficient (Wildman–Crippen LogP) is 3.10. The predicted molar refractivity (Wildman–Crippen MR) is 85.7 cm³/mol. The lowest BCUT2D eigenvalue weighted by molar-refractivity contribution is 0.0484. The Hall–Kier alpha value is -1.24. The molecule has 1 saturated heterocycles. The number of piperidine rings is 1. The molecule has 1 aliphatic rings. The van der Waals surface area contributed by atoms with Crippen LogP contribution in [0.4, 0.5) is 0 Å². The molecule has 112 valence electrons. The fourth-order valence-corrected chi connectivity index (χ4v) is 4.25. The van der Waals surface area contributed by atoms with E-state index in [1.165, 1.54) is 11.3 Å². The van der Waals surface area contributed by atoms with Gasteiger partial charge in [-0.15, -0.1) is 22.7 Å². The molecule has 2 atom stereocenters. The van der Waals surface area contributed by atoms with Gasteiger partial charge in [-0.3, -0.25) is 4.79 Å². The topological polar surface area (TPSA) is 53.4 Å². The number of likely N-dealkylation sites (tertiary alicyclic amines) is 1. The van der Waals surface area contributed by atoms with Crippen LogP contribution in [0.3, 0.4) is 0 Å². The molecule has 1 fully saturated rings. The van der Waals surface area contributed by atoms with Gasteiger partial charge in [-0.25, -0.2) is 4.98 Å². The Labute approximate surface area is 132 Å². The van der Waals surface area contributed by atoms with Crippen molar-refractivity contribution < 1.29 is 9.90 Å². The summed E-state index contributed by atoms with van der Waals surface area (Å²) in [5, 5.41) is 14.1. The smallest absolute Gasteiger partial charge is 0.273 e. The third-order valence-electron chi connectivity index (χ3n) is 3.95. The van der Waals surface area contributed by atoms with Crippen LogP contribution in [0.2, 0.25) is 0 Å². The van der Waals surface area contributed by atoms with Crippen LogP contribution in [-0.2, 0) is 0 Å². The maximum absolute atomic E-state index is 12.6. The van der Waals surface area contributed by atoms with Gasteiger partial charge in [-0.05, 0) is 37.1 Å². The number of aliphatic hydroxyl groups is 1. The van der Waals surface area contributed by atoms with Crippen LogP contribution >= 0.6 is 22.7 Å². The van der Waals surface area contributed by atoms with Crippen molar-refractivity contribution in [3.05, 3.63) is 28.6 Å². The molecule has 2 aromatic heterocycles. The molecule has 6 heteroatoms. The number of hydrogen-bond acceptors (Lipinski definition) is 5. The average molecular weight is 322 g/mol. The Morgan fingerprint density at radius 3 is 3.05 bits per heavy atom.